The van der Waals surface area contributed by atoms with E-state index >= 15 is 0 Å². The minimum atomic E-state index is -0.799. The van der Waals surface area contributed by atoms with E-state index in [9.17, 15) is 9.59 Å². The number of nitrogens with one attached hydrogen (secondary N) is 2. The number of rotatable bonds is 7. The smallest absolute Gasteiger partial charge is 0.279 e. The van der Waals surface area contributed by atoms with Gasteiger partial charge >= 0.3 is 0 Å². The van der Waals surface area contributed by atoms with Crippen LogP contribution in [-0.4, -0.2) is 24.5 Å². The number of carbonyl (C=O) groups is 2. The lowest BCUT2D eigenvalue weighted by atomic mass is 10.0. The summed E-state index contributed by atoms with van der Waals surface area (Å²) in [6.07, 6.45) is -0.799. The second-order valence-corrected chi connectivity index (χ2v) is 7.17. The van der Waals surface area contributed by atoms with Gasteiger partial charge in [0, 0.05) is 5.02 Å². The van der Waals surface area contributed by atoms with Crippen molar-refractivity contribution in [2.75, 3.05) is 6.61 Å². The van der Waals surface area contributed by atoms with E-state index in [2.05, 4.69) is 24.7 Å². The molecular weight excluding hydrogens is 380 g/mol. The average molecular weight is 405 g/mol. The summed E-state index contributed by atoms with van der Waals surface area (Å²) in [4.78, 5) is 24.1. The maximum Gasteiger partial charge on any atom is 0.279 e. The van der Waals surface area contributed by atoms with Crippen LogP contribution in [0.25, 0.3) is 0 Å². The zero-order valence-electron chi connectivity index (χ0n) is 16.4. The van der Waals surface area contributed by atoms with Gasteiger partial charge in [-0.25, -0.2) is 0 Å². The molecule has 6 nitrogen and oxygen atoms in total. The second-order valence-electron chi connectivity index (χ2n) is 6.74. The maximum atomic E-state index is 12.1. The molecule has 2 amide bonds. The Morgan fingerprint density at radius 2 is 1.71 bits per heavy atom. The molecule has 0 aliphatic heterocycles. The van der Waals surface area contributed by atoms with Crippen molar-refractivity contribution in [1.29, 1.82) is 0 Å². The SMILES string of the molecule is Cc1ccc(C(C)C)c(OCC(=O)NNC(=O)C(C)Oc2ccc(Cl)cc2)c1. The summed E-state index contributed by atoms with van der Waals surface area (Å²) in [6.45, 7) is 7.43. The molecule has 0 saturated carbocycles. The van der Waals surface area contributed by atoms with Crippen molar-refractivity contribution in [2.24, 2.45) is 0 Å². The lowest BCUT2D eigenvalue weighted by Gasteiger charge is -2.16. The highest BCUT2D eigenvalue weighted by atomic mass is 35.5. The highest BCUT2D eigenvalue weighted by Gasteiger charge is 2.16. The molecule has 1 atom stereocenters. The monoisotopic (exact) mass is 404 g/mol. The first-order chi connectivity index (χ1) is 13.3. The van der Waals surface area contributed by atoms with Crippen LogP contribution in [0.5, 0.6) is 11.5 Å². The van der Waals surface area contributed by atoms with E-state index in [1.807, 2.05) is 25.1 Å². The molecule has 0 saturated heterocycles. The average Bonchev–Trinajstić information content (AvgIpc) is 2.65. The number of aryl methyl sites for hydroxylation is 1. The van der Waals surface area contributed by atoms with Crippen LogP contribution in [0.1, 0.15) is 37.8 Å². The Hall–Kier alpha value is -2.73. The molecule has 2 rings (SSSR count). The van der Waals surface area contributed by atoms with Gasteiger partial charge < -0.3 is 9.47 Å². The first-order valence-corrected chi connectivity index (χ1v) is 9.38. The Kier molecular flexibility index (Phi) is 7.70. The third kappa shape index (κ3) is 6.46. The van der Waals surface area contributed by atoms with E-state index in [-0.39, 0.29) is 12.5 Å². The second kappa shape index (κ2) is 9.99. The molecule has 7 heteroatoms. The number of hydrogen-bond acceptors (Lipinski definition) is 4. The molecule has 0 heterocycles. The Labute approximate surface area is 170 Å². The molecular formula is C21H25ClN2O4. The van der Waals surface area contributed by atoms with E-state index in [0.717, 1.165) is 11.1 Å². The molecule has 0 spiro atoms. The molecule has 28 heavy (non-hydrogen) atoms. The highest BCUT2D eigenvalue weighted by Crippen LogP contribution is 2.27. The molecule has 150 valence electrons. The van der Waals surface area contributed by atoms with Crippen molar-refractivity contribution in [2.45, 2.75) is 39.7 Å². The summed E-state index contributed by atoms with van der Waals surface area (Å²) in [5.74, 6) is 0.479. The third-order valence-corrected chi connectivity index (χ3v) is 4.22. The van der Waals surface area contributed by atoms with Crippen molar-refractivity contribution in [3.63, 3.8) is 0 Å². The third-order valence-electron chi connectivity index (χ3n) is 3.97. The highest BCUT2D eigenvalue weighted by molar-refractivity contribution is 6.30. The van der Waals surface area contributed by atoms with Gasteiger partial charge in [0.2, 0.25) is 0 Å². The molecule has 1 unspecified atom stereocenters. The van der Waals surface area contributed by atoms with Gasteiger partial charge in [0.1, 0.15) is 11.5 Å². The lowest BCUT2D eigenvalue weighted by molar-refractivity contribution is -0.133. The summed E-state index contributed by atoms with van der Waals surface area (Å²) in [5, 5.41) is 0.575. The van der Waals surface area contributed by atoms with Gasteiger partial charge in [-0.15, -0.1) is 0 Å². The number of halogens is 1. The fourth-order valence-electron chi connectivity index (χ4n) is 2.43. The van der Waals surface area contributed by atoms with Crippen LogP contribution in [0.3, 0.4) is 0 Å². The fraction of sp³-hybridized carbons (Fsp3) is 0.333. The van der Waals surface area contributed by atoms with Crippen molar-refractivity contribution in [1.82, 2.24) is 10.9 Å². The molecule has 2 N–H and O–H groups in total. The number of benzene rings is 2. The molecule has 0 aliphatic carbocycles. The first-order valence-electron chi connectivity index (χ1n) is 9.00. The summed E-state index contributed by atoms with van der Waals surface area (Å²) < 4.78 is 11.1. The topological polar surface area (TPSA) is 76.7 Å². The number of hydrazine groups is 1. The Bertz CT molecular complexity index is 822. The summed E-state index contributed by atoms with van der Waals surface area (Å²) in [6, 6.07) is 12.5. The Balaban J connectivity index is 1.81. The first kappa shape index (κ1) is 21.6. The van der Waals surface area contributed by atoms with Crippen molar-refractivity contribution < 1.29 is 19.1 Å². The van der Waals surface area contributed by atoms with Gasteiger partial charge in [-0.05, 0) is 61.2 Å². The maximum absolute atomic E-state index is 12.1. The minimum Gasteiger partial charge on any atom is -0.483 e. The molecule has 2 aromatic rings. The van der Waals surface area contributed by atoms with Gasteiger partial charge in [-0.2, -0.15) is 0 Å². The predicted octanol–water partition coefficient (Wildman–Crippen LogP) is 3.77. The molecule has 0 fully saturated rings. The number of hydrogen-bond donors (Lipinski definition) is 2. The zero-order valence-corrected chi connectivity index (χ0v) is 17.2. The van der Waals surface area contributed by atoms with E-state index in [1.165, 1.54) is 0 Å². The molecule has 0 bridgehead atoms. The van der Waals surface area contributed by atoms with E-state index in [4.69, 9.17) is 21.1 Å². The van der Waals surface area contributed by atoms with Gasteiger partial charge in [-0.1, -0.05) is 37.6 Å². The van der Waals surface area contributed by atoms with E-state index in [1.54, 1.807) is 31.2 Å². The van der Waals surface area contributed by atoms with Crippen LogP contribution >= 0.6 is 11.6 Å². The molecule has 0 aromatic heterocycles. The van der Waals surface area contributed by atoms with Crippen molar-refractivity contribution in [3.8, 4) is 11.5 Å². The predicted molar refractivity (Wildman–Crippen MR) is 109 cm³/mol. The van der Waals surface area contributed by atoms with Gasteiger partial charge in [0.05, 0.1) is 0 Å². The summed E-state index contributed by atoms with van der Waals surface area (Å²) in [7, 11) is 0. The number of amides is 2. The largest absolute Gasteiger partial charge is 0.483 e. The van der Waals surface area contributed by atoms with E-state index in [0.29, 0.717) is 16.5 Å². The van der Waals surface area contributed by atoms with Crippen LogP contribution in [-0.2, 0) is 9.59 Å². The molecule has 2 aromatic carbocycles. The zero-order chi connectivity index (χ0) is 20.7. The number of ether oxygens (including phenoxy) is 2. The van der Waals surface area contributed by atoms with Crippen molar-refractivity contribution >= 4 is 23.4 Å². The van der Waals surface area contributed by atoms with Crippen LogP contribution in [0, 0.1) is 6.92 Å². The quantitative estimate of drug-likeness (QED) is 0.689. The van der Waals surface area contributed by atoms with Gasteiger partial charge in [-0.3, -0.25) is 20.4 Å². The van der Waals surface area contributed by atoms with Crippen LogP contribution < -0.4 is 20.3 Å². The Morgan fingerprint density at radius 1 is 1.04 bits per heavy atom. The fourth-order valence-corrected chi connectivity index (χ4v) is 2.55. The molecule has 0 aliphatic rings. The lowest BCUT2D eigenvalue weighted by Crippen LogP contribution is -2.48. The normalized spacial score (nSPS) is 11.6. The molecule has 0 radical (unpaired) electrons. The summed E-state index contributed by atoms with van der Waals surface area (Å²) in [5.41, 5.74) is 6.72. The Morgan fingerprint density at radius 3 is 2.36 bits per heavy atom. The van der Waals surface area contributed by atoms with Crippen LogP contribution in [0.4, 0.5) is 0 Å². The van der Waals surface area contributed by atoms with Crippen LogP contribution in [0.15, 0.2) is 42.5 Å². The van der Waals surface area contributed by atoms with Crippen LogP contribution in [0.2, 0.25) is 5.02 Å². The van der Waals surface area contributed by atoms with Gasteiger partial charge in [0.25, 0.3) is 11.8 Å². The standard InChI is InChI=1S/C21H25ClN2O4/c1-13(2)18-10-5-14(3)11-19(18)27-12-20(25)23-24-21(26)15(4)28-17-8-6-16(22)7-9-17/h5-11,13,15H,12H2,1-4H3,(H,23,25)(H,24,26). The van der Waals surface area contributed by atoms with Crippen molar-refractivity contribution in [3.05, 3.63) is 58.6 Å². The van der Waals surface area contributed by atoms with Gasteiger partial charge in [0.15, 0.2) is 12.7 Å². The minimum absolute atomic E-state index is 0.212. The number of carbonyl (C=O) groups excluding carboxylic acids is 2. The van der Waals surface area contributed by atoms with E-state index < -0.39 is 17.9 Å². The summed E-state index contributed by atoms with van der Waals surface area (Å²) >= 11 is 5.81.